The first-order valence-corrected chi connectivity index (χ1v) is 11.2. The lowest BCUT2D eigenvalue weighted by molar-refractivity contribution is 0.0467. The predicted octanol–water partition coefficient (Wildman–Crippen LogP) is 4.19. The number of carbonyl (C=O) groups excluding carboxylic acids is 2. The number of nitrogens with one attached hydrogen (secondary N) is 1. The van der Waals surface area contributed by atoms with Crippen LogP contribution in [0.3, 0.4) is 0 Å². The summed E-state index contributed by atoms with van der Waals surface area (Å²) in [6, 6.07) is 15.1. The number of benzene rings is 2. The minimum atomic E-state index is -0.587. The quantitative estimate of drug-likeness (QED) is 0.431. The molecule has 1 amide bonds. The predicted molar refractivity (Wildman–Crippen MR) is 126 cm³/mol. The Hall–Kier alpha value is -3.85. The van der Waals surface area contributed by atoms with Gasteiger partial charge in [0, 0.05) is 23.2 Å². The van der Waals surface area contributed by atoms with Crippen molar-refractivity contribution in [2.75, 3.05) is 5.32 Å². The Morgan fingerprint density at radius 2 is 1.91 bits per heavy atom. The van der Waals surface area contributed by atoms with Crippen LogP contribution in [0.15, 0.2) is 59.4 Å². The number of anilines is 1. The molecule has 0 saturated heterocycles. The molecule has 168 valence electrons. The highest BCUT2D eigenvalue weighted by Crippen LogP contribution is 2.20. The van der Waals surface area contributed by atoms with Gasteiger partial charge in [0.1, 0.15) is 11.6 Å². The lowest BCUT2D eigenvalue weighted by Gasteiger charge is -2.09. The van der Waals surface area contributed by atoms with Crippen LogP contribution < -0.4 is 10.9 Å². The van der Waals surface area contributed by atoms with Crippen LogP contribution >= 0.6 is 11.3 Å². The van der Waals surface area contributed by atoms with Crippen LogP contribution in [0.2, 0.25) is 0 Å². The highest BCUT2D eigenvalue weighted by atomic mass is 32.1. The molecule has 0 fully saturated rings. The first-order valence-electron chi connectivity index (χ1n) is 10.4. The van der Waals surface area contributed by atoms with E-state index in [1.807, 2.05) is 32.9 Å². The molecule has 4 aromatic rings. The van der Waals surface area contributed by atoms with Crippen molar-refractivity contribution in [1.29, 1.82) is 0 Å². The minimum absolute atomic E-state index is 0.153. The van der Waals surface area contributed by atoms with Gasteiger partial charge in [-0.2, -0.15) is 9.61 Å². The summed E-state index contributed by atoms with van der Waals surface area (Å²) in [6.45, 7) is 5.68. The average Bonchev–Trinajstić information content (AvgIpc) is 3.23. The van der Waals surface area contributed by atoms with Crippen LogP contribution in [0.5, 0.6) is 0 Å². The van der Waals surface area contributed by atoms with E-state index in [1.54, 1.807) is 36.4 Å². The maximum absolute atomic E-state index is 12.6. The molecule has 2 aromatic carbocycles. The van der Waals surface area contributed by atoms with Gasteiger partial charge in [-0.15, -0.1) is 0 Å². The second-order valence-electron chi connectivity index (χ2n) is 7.80. The number of aryl methyl sites for hydroxylation is 1. The third-order valence-corrected chi connectivity index (χ3v) is 6.11. The van der Waals surface area contributed by atoms with E-state index in [2.05, 4.69) is 15.4 Å². The van der Waals surface area contributed by atoms with E-state index in [9.17, 15) is 14.4 Å². The summed E-state index contributed by atoms with van der Waals surface area (Å²) in [6.07, 6.45) is 0. The molecule has 1 N–H and O–H groups in total. The summed E-state index contributed by atoms with van der Waals surface area (Å²) in [5.74, 6) is -0.672. The fourth-order valence-electron chi connectivity index (χ4n) is 3.15. The van der Waals surface area contributed by atoms with Crippen molar-refractivity contribution < 1.29 is 14.3 Å². The molecule has 33 heavy (non-hydrogen) atoms. The van der Waals surface area contributed by atoms with Gasteiger partial charge in [0.15, 0.2) is 0 Å². The van der Waals surface area contributed by atoms with Gasteiger partial charge in [0.05, 0.1) is 11.3 Å². The van der Waals surface area contributed by atoms with Crippen molar-refractivity contribution in [3.8, 4) is 0 Å². The fraction of sp³-hybridized carbons (Fsp3) is 0.208. The van der Waals surface area contributed by atoms with E-state index < -0.39 is 5.97 Å². The molecule has 0 spiro atoms. The third-order valence-electron chi connectivity index (χ3n) is 4.90. The molecule has 4 rings (SSSR count). The number of esters is 1. The van der Waals surface area contributed by atoms with Crippen LogP contribution in [0.1, 0.15) is 56.7 Å². The molecule has 0 atom stereocenters. The Morgan fingerprint density at radius 3 is 2.67 bits per heavy atom. The zero-order valence-electron chi connectivity index (χ0n) is 18.4. The van der Waals surface area contributed by atoms with Crippen molar-refractivity contribution in [2.24, 2.45) is 0 Å². The number of hydrogen-bond acceptors (Lipinski definition) is 7. The topological polar surface area (TPSA) is 103 Å². The monoisotopic (exact) mass is 462 g/mol. The molecule has 9 heteroatoms. The van der Waals surface area contributed by atoms with Crippen LogP contribution in [0, 0.1) is 6.92 Å². The van der Waals surface area contributed by atoms with Gasteiger partial charge in [-0.25, -0.2) is 9.78 Å². The normalized spacial score (nSPS) is 11.0. The van der Waals surface area contributed by atoms with E-state index in [4.69, 9.17) is 4.74 Å². The largest absolute Gasteiger partial charge is 0.456 e. The number of ether oxygens (including phenoxy) is 1. The lowest BCUT2D eigenvalue weighted by Crippen LogP contribution is -2.17. The van der Waals surface area contributed by atoms with Gasteiger partial charge < -0.3 is 10.1 Å². The molecule has 0 aliphatic rings. The van der Waals surface area contributed by atoms with Gasteiger partial charge in [-0.05, 0) is 36.8 Å². The summed E-state index contributed by atoms with van der Waals surface area (Å²) in [5.41, 5.74) is 2.18. The standard InChI is InChI=1S/C24H22N4O4S/c1-14(2)22-27-28-20(29)12-18(26-24(28)33-22)13-32-23(31)16-8-6-9-17(11-16)25-21(30)19-10-5-4-7-15(19)3/h4-12,14H,13H2,1-3H3,(H,25,30). The second kappa shape index (κ2) is 9.33. The molecule has 0 aliphatic heterocycles. The molecule has 0 radical (unpaired) electrons. The van der Waals surface area contributed by atoms with Crippen molar-refractivity contribution >= 4 is 33.9 Å². The molecule has 2 heterocycles. The van der Waals surface area contributed by atoms with Crippen molar-refractivity contribution in [3.63, 3.8) is 0 Å². The smallest absolute Gasteiger partial charge is 0.338 e. The molecule has 2 aromatic heterocycles. The zero-order chi connectivity index (χ0) is 23.5. The van der Waals surface area contributed by atoms with Crippen molar-refractivity contribution in [1.82, 2.24) is 14.6 Å². The number of aromatic nitrogens is 3. The number of hydrogen-bond donors (Lipinski definition) is 1. The van der Waals surface area contributed by atoms with E-state index in [0.29, 0.717) is 21.9 Å². The molecule has 8 nitrogen and oxygen atoms in total. The molecule has 0 aliphatic carbocycles. The number of amides is 1. The van der Waals surface area contributed by atoms with Gasteiger partial charge in [0.2, 0.25) is 4.96 Å². The number of fused-ring (bicyclic) bond motifs is 1. The average molecular weight is 463 g/mol. The van der Waals surface area contributed by atoms with Crippen LogP contribution in [0.4, 0.5) is 5.69 Å². The minimum Gasteiger partial charge on any atom is -0.456 e. The summed E-state index contributed by atoms with van der Waals surface area (Å²) in [5, 5.41) is 7.88. The maximum atomic E-state index is 12.6. The Balaban J connectivity index is 1.45. The Morgan fingerprint density at radius 1 is 1.12 bits per heavy atom. The van der Waals surface area contributed by atoms with Crippen LogP contribution in [-0.2, 0) is 11.3 Å². The van der Waals surface area contributed by atoms with Gasteiger partial charge >= 0.3 is 5.97 Å². The zero-order valence-corrected chi connectivity index (χ0v) is 19.2. The van der Waals surface area contributed by atoms with Gasteiger partial charge in [-0.1, -0.05) is 49.4 Å². The third kappa shape index (κ3) is 4.98. The van der Waals surface area contributed by atoms with Crippen molar-refractivity contribution in [3.05, 3.63) is 92.3 Å². The van der Waals surface area contributed by atoms with E-state index >= 15 is 0 Å². The molecule has 0 bridgehead atoms. The summed E-state index contributed by atoms with van der Waals surface area (Å²) in [4.78, 5) is 42.3. The SMILES string of the molecule is Cc1ccccc1C(=O)Nc1cccc(C(=O)OCc2cc(=O)n3nc(C(C)C)sc3n2)c1. The van der Waals surface area contributed by atoms with Crippen LogP contribution in [0.25, 0.3) is 4.96 Å². The van der Waals surface area contributed by atoms with Gasteiger partial charge in [0.25, 0.3) is 11.5 Å². The van der Waals surface area contributed by atoms with Crippen molar-refractivity contribution in [2.45, 2.75) is 33.3 Å². The Kier molecular flexibility index (Phi) is 6.32. The summed E-state index contributed by atoms with van der Waals surface area (Å²) in [7, 11) is 0. The summed E-state index contributed by atoms with van der Waals surface area (Å²) < 4.78 is 6.61. The first kappa shape index (κ1) is 22.3. The van der Waals surface area contributed by atoms with E-state index in [0.717, 1.165) is 10.6 Å². The number of nitrogens with zero attached hydrogens (tertiary/aromatic N) is 3. The lowest BCUT2D eigenvalue weighted by atomic mass is 10.1. The fourth-order valence-corrected chi connectivity index (χ4v) is 4.08. The molecule has 0 unspecified atom stereocenters. The number of rotatable bonds is 6. The van der Waals surface area contributed by atoms with Gasteiger partial charge in [-0.3, -0.25) is 9.59 Å². The maximum Gasteiger partial charge on any atom is 0.338 e. The van der Waals surface area contributed by atoms with E-state index in [1.165, 1.54) is 21.9 Å². The first-order chi connectivity index (χ1) is 15.8. The highest BCUT2D eigenvalue weighted by Gasteiger charge is 2.14. The second-order valence-corrected chi connectivity index (χ2v) is 8.79. The molecular formula is C24H22N4O4S. The molecular weight excluding hydrogens is 440 g/mol. The van der Waals surface area contributed by atoms with E-state index in [-0.39, 0.29) is 29.6 Å². The molecule has 0 saturated carbocycles. The summed E-state index contributed by atoms with van der Waals surface area (Å²) >= 11 is 1.33. The van der Waals surface area contributed by atoms with Crippen LogP contribution in [-0.4, -0.2) is 26.5 Å². The number of carbonyl (C=O) groups is 2. The Bertz CT molecular complexity index is 1410. The Labute approximate surface area is 193 Å². The highest BCUT2D eigenvalue weighted by molar-refractivity contribution is 7.16.